The van der Waals surface area contributed by atoms with E-state index in [1.165, 1.54) is 36.0 Å². The second-order valence-electron chi connectivity index (χ2n) is 7.94. The van der Waals surface area contributed by atoms with E-state index < -0.39 is 0 Å². The van der Waals surface area contributed by atoms with Crippen LogP contribution in [0.5, 0.6) is 0 Å². The van der Waals surface area contributed by atoms with Crippen LogP contribution in [0, 0.1) is 18.8 Å². The molecule has 27 heavy (non-hydrogen) atoms. The van der Waals surface area contributed by atoms with Gasteiger partial charge in [-0.3, -0.25) is 4.79 Å². The van der Waals surface area contributed by atoms with Crippen molar-refractivity contribution in [3.8, 4) is 0 Å². The van der Waals surface area contributed by atoms with Crippen LogP contribution in [0.2, 0.25) is 0 Å². The zero-order chi connectivity index (χ0) is 19.1. The number of benzene rings is 2. The largest absolute Gasteiger partial charge is 0.466 e. The first kappa shape index (κ1) is 19.7. The number of aryl methyl sites for hydroxylation is 2. The highest BCUT2D eigenvalue weighted by Gasteiger charge is 2.36. The second-order valence-corrected chi connectivity index (χ2v) is 7.94. The Labute approximate surface area is 164 Å². The number of carbonyl (C=O) groups excluding carboxylic acids is 1. The average molecular weight is 365 g/mol. The molecule has 0 heterocycles. The van der Waals surface area contributed by atoms with E-state index in [0.717, 1.165) is 19.3 Å². The van der Waals surface area contributed by atoms with E-state index >= 15 is 0 Å². The molecular weight excluding hydrogens is 332 g/mol. The van der Waals surface area contributed by atoms with Crippen LogP contribution in [0.25, 0.3) is 0 Å². The lowest BCUT2D eigenvalue weighted by Gasteiger charge is -2.35. The lowest BCUT2D eigenvalue weighted by atomic mass is 9.70. The van der Waals surface area contributed by atoms with Crippen molar-refractivity contribution in [2.24, 2.45) is 11.8 Å². The zero-order valence-corrected chi connectivity index (χ0v) is 16.7. The van der Waals surface area contributed by atoms with Crippen LogP contribution in [0.1, 0.15) is 61.6 Å². The standard InChI is InChI=1S/C25H32O2/c1-3-27-25(26)24-18-21(13-8-12-20-10-5-4-6-11-20)15-16-23(24)22-14-7-9-19(2)17-22/h4-7,9-11,14,17,21,23-24H,3,8,12-13,15-16,18H2,1-2H3/t21?,23-,24+/m0/s1. The molecule has 0 radical (unpaired) electrons. The van der Waals surface area contributed by atoms with Crippen LogP contribution in [0.15, 0.2) is 54.6 Å². The van der Waals surface area contributed by atoms with Crippen LogP contribution >= 0.6 is 0 Å². The molecule has 1 aliphatic rings. The maximum Gasteiger partial charge on any atom is 0.309 e. The summed E-state index contributed by atoms with van der Waals surface area (Å²) < 4.78 is 5.45. The molecule has 2 aromatic rings. The van der Waals surface area contributed by atoms with Gasteiger partial charge < -0.3 is 4.74 Å². The molecular formula is C25H32O2. The fraction of sp³-hybridized carbons (Fsp3) is 0.480. The molecule has 0 N–H and O–H groups in total. The molecule has 0 amide bonds. The van der Waals surface area contributed by atoms with E-state index in [9.17, 15) is 4.79 Å². The summed E-state index contributed by atoms with van der Waals surface area (Å²) in [6.45, 7) is 4.49. The highest BCUT2D eigenvalue weighted by atomic mass is 16.5. The van der Waals surface area contributed by atoms with Gasteiger partial charge in [-0.1, -0.05) is 66.6 Å². The highest BCUT2D eigenvalue weighted by Crippen LogP contribution is 2.42. The maximum atomic E-state index is 12.7. The third-order valence-electron chi connectivity index (χ3n) is 5.94. The topological polar surface area (TPSA) is 26.3 Å². The van der Waals surface area contributed by atoms with Gasteiger partial charge in [0.15, 0.2) is 0 Å². The quantitative estimate of drug-likeness (QED) is 0.556. The van der Waals surface area contributed by atoms with Crippen LogP contribution in [-0.2, 0) is 16.0 Å². The average Bonchev–Trinajstić information content (AvgIpc) is 2.69. The van der Waals surface area contributed by atoms with Crippen molar-refractivity contribution in [2.75, 3.05) is 6.61 Å². The van der Waals surface area contributed by atoms with Gasteiger partial charge in [0, 0.05) is 0 Å². The van der Waals surface area contributed by atoms with E-state index in [1.54, 1.807) is 0 Å². The maximum absolute atomic E-state index is 12.7. The molecule has 0 bridgehead atoms. The third-order valence-corrected chi connectivity index (χ3v) is 5.94. The molecule has 2 aromatic carbocycles. The summed E-state index contributed by atoms with van der Waals surface area (Å²) in [5.41, 5.74) is 3.98. The van der Waals surface area contributed by atoms with E-state index in [0.29, 0.717) is 18.4 Å². The van der Waals surface area contributed by atoms with Crippen molar-refractivity contribution < 1.29 is 9.53 Å². The van der Waals surface area contributed by atoms with Gasteiger partial charge in [0.25, 0.3) is 0 Å². The molecule has 1 fully saturated rings. The molecule has 3 atom stereocenters. The summed E-state index contributed by atoms with van der Waals surface area (Å²) in [7, 11) is 0. The number of esters is 1. The number of rotatable bonds is 7. The van der Waals surface area contributed by atoms with Gasteiger partial charge in [0.05, 0.1) is 12.5 Å². The molecule has 3 rings (SSSR count). The van der Waals surface area contributed by atoms with E-state index in [-0.39, 0.29) is 11.9 Å². The van der Waals surface area contributed by atoms with E-state index in [1.807, 2.05) is 6.92 Å². The minimum atomic E-state index is -0.00299. The van der Waals surface area contributed by atoms with Crippen LogP contribution in [0.4, 0.5) is 0 Å². The van der Waals surface area contributed by atoms with Crippen LogP contribution < -0.4 is 0 Å². The van der Waals surface area contributed by atoms with Crippen molar-refractivity contribution in [3.05, 3.63) is 71.3 Å². The molecule has 0 saturated heterocycles. The smallest absolute Gasteiger partial charge is 0.309 e. The Morgan fingerprint density at radius 1 is 1.07 bits per heavy atom. The molecule has 1 aliphatic carbocycles. The molecule has 0 aliphatic heterocycles. The first-order chi connectivity index (χ1) is 13.2. The Balaban J connectivity index is 1.63. The summed E-state index contributed by atoms with van der Waals surface area (Å²) in [6, 6.07) is 19.4. The monoisotopic (exact) mass is 364 g/mol. The Bertz CT molecular complexity index is 722. The number of carbonyl (C=O) groups is 1. The van der Waals surface area contributed by atoms with E-state index in [4.69, 9.17) is 4.74 Å². The Morgan fingerprint density at radius 3 is 2.63 bits per heavy atom. The van der Waals surface area contributed by atoms with Crippen molar-refractivity contribution >= 4 is 5.97 Å². The second kappa shape index (κ2) is 9.73. The third kappa shape index (κ3) is 5.45. The van der Waals surface area contributed by atoms with Gasteiger partial charge in [-0.2, -0.15) is 0 Å². The predicted molar refractivity (Wildman–Crippen MR) is 111 cm³/mol. The van der Waals surface area contributed by atoms with Crippen molar-refractivity contribution in [3.63, 3.8) is 0 Å². The fourth-order valence-corrected chi connectivity index (χ4v) is 4.57. The zero-order valence-electron chi connectivity index (χ0n) is 16.7. The van der Waals surface area contributed by atoms with Crippen molar-refractivity contribution in [1.29, 1.82) is 0 Å². The van der Waals surface area contributed by atoms with Crippen molar-refractivity contribution in [2.45, 2.75) is 58.3 Å². The van der Waals surface area contributed by atoms with Gasteiger partial charge in [-0.15, -0.1) is 0 Å². The molecule has 2 nitrogen and oxygen atoms in total. The highest BCUT2D eigenvalue weighted by molar-refractivity contribution is 5.74. The van der Waals surface area contributed by atoms with Gasteiger partial charge in [0.2, 0.25) is 0 Å². The molecule has 1 unspecified atom stereocenters. The molecule has 0 spiro atoms. The van der Waals surface area contributed by atoms with Gasteiger partial charge >= 0.3 is 5.97 Å². The Hall–Kier alpha value is -2.09. The number of hydrogen-bond donors (Lipinski definition) is 0. The van der Waals surface area contributed by atoms with Crippen LogP contribution in [0.3, 0.4) is 0 Å². The SMILES string of the molecule is CCOC(=O)[C@@H]1CC(CCCc2ccccc2)CC[C@H]1c1cccc(C)c1. The fourth-order valence-electron chi connectivity index (χ4n) is 4.57. The molecule has 0 aromatic heterocycles. The summed E-state index contributed by atoms with van der Waals surface area (Å²) in [5, 5.41) is 0. The lowest BCUT2D eigenvalue weighted by Crippen LogP contribution is -2.31. The van der Waals surface area contributed by atoms with Gasteiger partial charge in [-0.25, -0.2) is 0 Å². The summed E-state index contributed by atoms with van der Waals surface area (Å²) in [6.07, 6.45) is 6.78. The first-order valence-corrected chi connectivity index (χ1v) is 10.4. The minimum Gasteiger partial charge on any atom is -0.466 e. The summed E-state index contributed by atoms with van der Waals surface area (Å²) in [4.78, 5) is 12.7. The van der Waals surface area contributed by atoms with Gasteiger partial charge in [-0.05, 0) is 68.9 Å². The predicted octanol–water partition coefficient (Wildman–Crippen LogP) is 6.08. The van der Waals surface area contributed by atoms with Gasteiger partial charge in [0.1, 0.15) is 0 Å². The molecule has 2 heteroatoms. The number of ether oxygens (including phenoxy) is 1. The number of hydrogen-bond acceptors (Lipinski definition) is 2. The normalized spacial score (nSPS) is 22.4. The summed E-state index contributed by atoms with van der Waals surface area (Å²) >= 11 is 0. The Morgan fingerprint density at radius 2 is 1.89 bits per heavy atom. The minimum absolute atomic E-state index is 0.00206. The first-order valence-electron chi connectivity index (χ1n) is 10.4. The molecule has 144 valence electrons. The lowest BCUT2D eigenvalue weighted by molar-refractivity contribution is -0.150. The Kier molecular flexibility index (Phi) is 7.09. The summed E-state index contributed by atoms with van der Waals surface area (Å²) in [5.74, 6) is 0.928. The van der Waals surface area contributed by atoms with Crippen LogP contribution in [-0.4, -0.2) is 12.6 Å². The van der Waals surface area contributed by atoms with Crippen molar-refractivity contribution in [1.82, 2.24) is 0 Å². The van der Waals surface area contributed by atoms with E-state index in [2.05, 4.69) is 61.5 Å². The molecule has 1 saturated carbocycles.